The van der Waals surface area contributed by atoms with E-state index in [-0.39, 0.29) is 17.3 Å². The predicted octanol–water partition coefficient (Wildman–Crippen LogP) is 5.08. The third-order valence-corrected chi connectivity index (χ3v) is 3.53. The van der Waals surface area contributed by atoms with Crippen LogP contribution >= 0.6 is 15.9 Å². The van der Waals surface area contributed by atoms with Crippen LogP contribution in [0.25, 0.3) is 0 Å². The number of ether oxygens (including phenoxy) is 1. The molecule has 0 saturated heterocycles. The molecule has 1 atom stereocenters. The van der Waals surface area contributed by atoms with E-state index in [0.29, 0.717) is 10.9 Å². The Morgan fingerprint density at radius 3 is 2.40 bits per heavy atom. The number of benzene rings is 1. The smallest absolute Gasteiger partial charge is 0.382 e. The lowest BCUT2D eigenvalue weighted by atomic mass is 9.99. The molecule has 114 valence electrons. The molecule has 20 heavy (non-hydrogen) atoms. The fourth-order valence-electron chi connectivity index (χ4n) is 2.01. The lowest BCUT2D eigenvalue weighted by molar-refractivity contribution is -0.137. The van der Waals surface area contributed by atoms with Crippen LogP contribution in [0.4, 0.5) is 18.9 Å². The number of rotatable bonds is 5. The summed E-state index contributed by atoms with van der Waals surface area (Å²) in [6.07, 6.45) is -3.79. The van der Waals surface area contributed by atoms with E-state index in [1.165, 1.54) is 6.07 Å². The zero-order valence-corrected chi connectivity index (χ0v) is 13.5. The van der Waals surface area contributed by atoms with Crippen molar-refractivity contribution in [2.45, 2.75) is 45.0 Å². The van der Waals surface area contributed by atoms with E-state index in [9.17, 15) is 13.2 Å². The van der Waals surface area contributed by atoms with Crippen LogP contribution < -0.4 is 5.32 Å². The average Bonchev–Trinajstić information content (AvgIpc) is 2.29. The molecule has 0 aromatic heterocycles. The quantitative estimate of drug-likeness (QED) is 0.796. The van der Waals surface area contributed by atoms with Crippen molar-refractivity contribution in [2.75, 3.05) is 12.4 Å². The summed E-state index contributed by atoms with van der Waals surface area (Å²) >= 11 is 3.07. The maximum atomic E-state index is 13.0. The fourth-order valence-corrected chi connectivity index (χ4v) is 2.38. The summed E-state index contributed by atoms with van der Waals surface area (Å²) in [5, 5.41) is 2.91. The maximum absolute atomic E-state index is 13.0. The first-order chi connectivity index (χ1) is 9.05. The molecule has 0 aliphatic carbocycles. The normalized spacial score (nSPS) is 14.2. The summed E-state index contributed by atoms with van der Waals surface area (Å²) in [6, 6.07) is 3.96. The molecule has 1 N–H and O–H groups in total. The van der Waals surface area contributed by atoms with E-state index < -0.39 is 11.7 Å². The second-order valence-electron chi connectivity index (χ2n) is 5.40. The van der Waals surface area contributed by atoms with Crippen LogP contribution in [-0.2, 0) is 10.9 Å². The molecule has 1 rings (SSSR count). The Kier molecular flexibility index (Phi) is 5.49. The number of halogens is 4. The van der Waals surface area contributed by atoms with Gasteiger partial charge in [0.15, 0.2) is 0 Å². The van der Waals surface area contributed by atoms with E-state index >= 15 is 0 Å². The van der Waals surface area contributed by atoms with E-state index in [2.05, 4.69) is 21.2 Å². The predicted molar refractivity (Wildman–Crippen MR) is 77.9 cm³/mol. The molecule has 0 aliphatic rings. The van der Waals surface area contributed by atoms with Crippen LogP contribution in [0.3, 0.4) is 0 Å². The van der Waals surface area contributed by atoms with Gasteiger partial charge in [0.25, 0.3) is 0 Å². The highest BCUT2D eigenvalue weighted by molar-refractivity contribution is 9.10. The second kappa shape index (κ2) is 6.35. The van der Waals surface area contributed by atoms with Crippen LogP contribution in [0.5, 0.6) is 0 Å². The van der Waals surface area contributed by atoms with Crippen molar-refractivity contribution >= 4 is 21.6 Å². The first-order valence-corrected chi connectivity index (χ1v) is 7.03. The van der Waals surface area contributed by atoms with Gasteiger partial charge in [0.2, 0.25) is 0 Å². The molecular formula is C14H19BrF3NO. The van der Waals surface area contributed by atoms with Crippen molar-refractivity contribution in [3.05, 3.63) is 28.2 Å². The van der Waals surface area contributed by atoms with Crippen molar-refractivity contribution in [1.82, 2.24) is 0 Å². The summed E-state index contributed by atoms with van der Waals surface area (Å²) < 4.78 is 44.7. The molecule has 0 bridgehead atoms. The number of hydrogen-bond donors (Lipinski definition) is 1. The van der Waals surface area contributed by atoms with Gasteiger partial charge in [0, 0.05) is 23.3 Å². The number of nitrogens with one attached hydrogen (secondary N) is 1. The molecule has 0 spiro atoms. The molecule has 0 fully saturated rings. The highest BCUT2D eigenvalue weighted by atomic mass is 79.9. The second-order valence-corrected chi connectivity index (χ2v) is 6.32. The summed E-state index contributed by atoms with van der Waals surface area (Å²) in [5.41, 5.74) is -0.978. The van der Waals surface area contributed by atoms with E-state index in [4.69, 9.17) is 4.74 Å². The van der Waals surface area contributed by atoms with Gasteiger partial charge in [-0.1, -0.05) is 15.9 Å². The van der Waals surface area contributed by atoms with Gasteiger partial charge in [-0.05, 0) is 45.4 Å². The highest BCUT2D eigenvalue weighted by Gasteiger charge is 2.34. The number of methoxy groups -OCH3 is 1. The third kappa shape index (κ3) is 4.98. The Bertz CT molecular complexity index is 460. The zero-order chi connectivity index (χ0) is 15.6. The molecule has 0 radical (unpaired) electrons. The van der Waals surface area contributed by atoms with Crippen molar-refractivity contribution in [3.63, 3.8) is 0 Å². The summed E-state index contributed by atoms with van der Waals surface area (Å²) in [7, 11) is 1.59. The van der Waals surface area contributed by atoms with Crippen LogP contribution in [0.1, 0.15) is 32.8 Å². The van der Waals surface area contributed by atoms with Gasteiger partial charge >= 0.3 is 6.18 Å². The Balaban J connectivity index is 2.93. The number of alkyl halides is 3. The van der Waals surface area contributed by atoms with E-state index in [1.807, 2.05) is 20.8 Å². The minimum absolute atomic E-state index is 0.0834. The minimum atomic E-state index is -4.39. The van der Waals surface area contributed by atoms with Gasteiger partial charge in [-0.15, -0.1) is 0 Å². The molecule has 0 saturated carbocycles. The SMILES string of the molecule is COC(C)(C)CC(C)Nc1ccc(Br)cc1C(F)(F)F. The number of hydrogen-bond acceptors (Lipinski definition) is 2. The molecule has 0 aliphatic heterocycles. The molecule has 2 nitrogen and oxygen atoms in total. The summed E-state index contributed by atoms with van der Waals surface area (Å²) in [4.78, 5) is 0. The maximum Gasteiger partial charge on any atom is 0.418 e. The van der Waals surface area contributed by atoms with Crippen molar-refractivity contribution in [2.24, 2.45) is 0 Å². The third-order valence-electron chi connectivity index (χ3n) is 3.04. The van der Waals surface area contributed by atoms with Gasteiger partial charge in [0.05, 0.1) is 11.2 Å². The van der Waals surface area contributed by atoms with Gasteiger partial charge in [-0.3, -0.25) is 0 Å². The fraction of sp³-hybridized carbons (Fsp3) is 0.571. The zero-order valence-electron chi connectivity index (χ0n) is 11.9. The Hall–Kier alpha value is -0.750. The topological polar surface area (TPSA) is 21.3 Å². The first kappa shape index (κ1) is 17.3. The molecule has 0 amide bonds. The molecule has 1 unspecified atom stereocenters. The van der Waals surface area contributed by atoms with Gasteiger partial charge in [-0.2, -0.15) is 13.2 Å². The molecular weight excluding hydrogens is 335 g/mol. The van der Waals surface area contributed by atoms with Crippen molar-refractivity contribution in [1.29, 1.82) is 0 Å². The van der Waals surface area contributed by atoms with Crippen LogP contribution in [0.15, 0.2) is 22.7 Å². The minimum Gasteiger partial charge on any atom is -0.382 e. The van der Waals surface area contributed by atoms with Gasteiger partial charge in [0.1, 0.15) is 0 Å². The standard InChI is InChI=1S/C14H19BrF3NO/c1-9(8-13(2,3)20-4)19-12-6-5-10(15)7-11(12)14(16,17)18/h5-7,9,19H,8H2,1-4H3. The first-order valence-electron chi connectivity index (χ1n) is 6.23. The van der Waals surface area contributed by atoms with Crippen molar-refractivity contribution < 1.29 is 17.9 Å². The van der Waals surface area contributed by atoms with Crippen LogP contribution in [0.2, 0.25) is 0 Å². The van der Waals surface area contributed by atoms with Crippen LogP contribution in [-0.4, -0.2) is 18.8 Å². The van der Waals surface area contributed by atoms with Crippen LogP contribution in [0, 0.1) is 0 Å². The van der Waals surface area contributed by atoms with Gasteiger partial charge in [-0.25, -0.2) is 0 Å². The Labute approximate surface area is 125 Å². The monoisotopic (exact) mass is 353 g/mol. The van der Waals surface area contributed by atoms with Gasteiger partial charge < -0.3 is 10.1 Å². The Morgan fingerprint density at radius 1 is 1.30 bits per heavy atom. The largest absolute Gasteiger partial charge is 0.418 e. The molecule has 0 heterocycles. The van der Waals surface area contributed by atoms with E-state index in [1.54, 1.807) is 13.2 Å². The molecule has 1 aromatic carbocycles. The lowest BCUT2D eigenvalue weighted by Gasteiger charge is -2.28. The van der Waals surface area contributed by atoms with Crippen molar-refractivity contribution in [3.8, 4) is 0 Å². The molecule has 6 heteroatoms. The average molecular weight is 354 g/mol. The molecule has 1 aromatic rings. The highest BCUT2D eigenvalue weighted by Crippen LogP contribution is 2.37. The summed E-state index contributed by atoms with van der Waals surface area (Å²) in [5.74, 6) is 0. The summed E-state index contributed by atoms with van der Waals surface area (Å²) in [6.45, 7) is 5.64. The number of anilines is 1. The lowest BCUT2D eigenvalue weighted by Crippen LogP contribution is -2.31. The Morgan fingerprint density at radius 2 is 1.90 bits per heavy atom. The van der Waals surface area contributed by atoms with E-state index in [0.717, 1.165) is 6.07 Å².